The largest absolute Gasteiger partial charge is 0.325 e. The number of rotatable bonds is 0. The van der Waals surface area contributed by atoms with E-state index < -0.39 is 14.3 Å². The molecule has 0 atom stereocenters. The summed E-state index contributed by atoms with van der Waals surface area (Å²) in [6.07, 6.45) is 0. The van der Waals surface area contributed by atoms with Crippen LogP contribution in [-0.2, 0) is 16.4 Å². The molecule has 0 saturated heterocycles. The Morgan fingerprint density at radius 2 is 1.10 bits per heavy atom. The van der Waals surface area contributed by atoms with Gasteiger partial charge in [-0.25, -0.2) is 0 Å². The van der Waals surface area contributed by atoms with Crippen LogP contribution >= 0.6 is 14.3 Å². The van der Waals surface area contributed by atoms with E-state index in [-0.39, 0.29) is 0 Å². The first kappa shape index (κ1) is 13.2. The van der Waals surface area contributed by atoms with Crippen molar-refractivity contribution in [2.45, 2.75) is 0 Å². The zero-order valence-corrected chi connectivity index (χ0v) is 7.39. The van der Waals surface area contributed by atoms with Gasteiger partial charge in [0.15, 0.2) is 0 Å². The zero-order valence-electron chi connectivity index (χ0n) is 4.78. The Labute approximate surface area is 62.6 Å². The summed E-state index contributed by atoms with van der Waals surface area (Å²) in [5, 5.41) is 0. The Kier molecular flexibility index (Phi) is 5.97. The molecule has 0 aliphatic rings. The number of hydrogen-bond donors (Lipinski definition) is 6. The summed E-state index contributed by atoms with van der Waals surface area (Å²) in [6.45, 7) is -3.81. The molecule has 0 rings (SSSR count). The molecular formula is H9N3O4P2S. The second-order valence-electron chi connectivity index (χ2n) is 1.28. The minimum absolute atomic E-state index is 3.14. The van der Waals surface area contributed by atoms with Crippen molar-refractivity contribution in [1.82, 2.24) is 0 Å². The van der Waals surface area contributed by atoms with E-state index in [0.29, 0.717) is 0 Å². The van der Waals surface area contributed by atoms with Gasteiger partial charge >= 0.3 is 6.72 Å². The fourth-order valence-corrected chi connectivity index (χ4v) is 0. The van der Waals surface area contributed by atoms with Crippen LogP contribution in [0.4, 0.5) is 0 Å². The molecule has 0 bridgehead atoms. The molecule has 0 aliphatic heterocycles. The summed E-state index contributed by atoms with van der Waals surface area (Å²) in [5.41, 5.74) is 13.4. The molecule has 7 nitrogen and oxygen atoms in total. The van der Waals surface area contributed by atoms with E-state index in [0.717, 1.165) is 0 Å². The summed E-state index contributed by atoms with van der Waals surface area (Å²) >= 11 is 3.60. The third-order valence-electron chi connectivity index (χ3n) is 0. The highest BCUT2D eigenvalue weighted by atomic mass is 32.5. The Hall–Kier alpha value is 0.640. The summed E-state index contributed by atoms with van der Waals surface area (Å²) in [6, 6.07) is 0. The topological polar surface area (TPSA) is 156 Å². The van der Waals surface area contributed by atoms with Crippen LogP contribution in [0, 0.1) is 0 Å². The van der Waals surface area contributed by atoms with Crippen LogP contribution in [0.25, 0.3) is 0 Å². The Morgan fingerprint density at radius 1 is 1.10 bits per heavy atom. The van der Waals surface area contributed by atoms with E-state index >= 15 is 0 Å². The van der Waals surface area contributed by atoms with Gasteiger partial charge in [-0.15, -0.1) is 0 Å². The molecule has 64 valence electrons. The quantitative estimate of drug-likeness (QED) is 0.254. The fraction of sp³-hybridized carbons (Fsp3) is 0. The van der Waals surface area contributed by atoms with Gasteiger partial charge in [-0.3, -0.25) is 21.1 Å². The van der Waals surface area contributed by atoms with Gasteiger partial charge in [0, 0.05) is 0 Å². The summed E-state index contributed by atoms with van der Waals surface area (Å²) in [7, 11) is -3.14. The number of nitrogens with two attached hydrogens (primary N) is 3. The Bertz CT molecular complexity index is 131. The average molecular weight is 209 g/mol. The van der Waals surface area contributed by atoms with Crippen molar-refractivity contribution in [2.24, 2.45) is 16.5 Å². The van der Waals surface area contributed by atoms with Crippen molar-refractivity contribution >= 4 is 26.1 Å². The molecule has 0 fully saturated rings. The Morgan fingerprint density at radius 3 is 1.10 bits per heavy atom. The lowest BCUT2D eigenvalue weighted by atomic mass is 13.8. The molecule has 0 spiro atoms. The first-order valence-corrected chi connectivity index (χ1v) is 6.31. The lowest BCUT2D eigenvalue weighted by Crippen LogP contribution is -2.12. The smallest absolute Gasteiger partial charge is 0.319 e. The first-order chi connectivity index (χ1) is 4.00. The van der Waals surface area contributed by atoms with Crippen LogP contribution in [-0.4, -0.2) is 14.7 Å². The van der Waals surface area contributed by atoms with Crippen molar-refractivity contribution in [3.63, 3.8) is 0 Å². The fourth-order valence-electron chi connectivity index (χ4n) is 0. The molecule has 10 heavy (non-hydrogen) atoms. The van der Waals surface area contributed by atoms with Gasteiger partial charge in [0.2, 0.25) is 0 Å². The van der Waals surface area contributed by atoms with Crippen molar-refractivity contribution in [3.05, 3.63) is 0 Å². The lowest BCUT2D eigenvalue weighted by molar-refractivity contribution is 0.363. The third-order valence-corrected chi connectivity index (χ3v) is 0. The molecule has 0 aromatic carbocycles. The minimum Gasteiger partial charge on any atom is -0.325 e. The van der Waals surface area contributed by atoms with Gasteiger partial charge in [-0.1, -0.05) is 0 Å². The second-order valence-corrected chi connectivity index (χ2v) is 5.30. The van der Waals surface area contributed by atoms with Crippen molar-refractivity contribution in [2.75, 3.05) is 0 Å². The molecule has 0 radical (unpaired) electrons. The maximum absolute atomic E-state index is 9.55. The van der Waals surface area contributed by atoms with E-state index in [1.807, 2.05) is 0 Å². The van der Waals surface area contributed by atoms with Gasteiger partial charge in [-0.2, -0.15) is 0 Å². The molecule has 0 aliphatic carbocycles. The van der Waals surface area contributed by atoms with Gasteiger partial charge in [0.1, 0.15) is 0 Å². The third kappa shape index (κ3) is 1230. The van der Waals surface area contributed by atoms with Crippen LogP contribution < -0.4 is 16.5 Å². The molecule has 0 aromatic rings. The standard InChI is InChI=1S/H6N3OP.H3O3PS/c1-5(2,3)4;1-4(2,3)5/h(H6,1,2,3,4);(H3,1,2,3,5). The highest BCUT2D eigenvalue weighted by Gasteiger charge is 1.92. The van der Waals surface area contributed by atoms with Gasteiger partial charge in [-0.05, 0) is 11.8 Å². The number of hydrogen-bond acceptors (Lipinski definition) is 2. The SMILES string of the molecule is NP(N)(N)=O.OP(O)(O)=S. The Balaban J connectivity index is 0. The van der Waals surface area contributed by atoms with Crippen LogP contribution in [0.5, 0.6) is 0 Å². The first-order valence-electron chi connectivity index (χ1n) is 1.74. The van der Waals surface area contributed by atoms with Gasteiger partial charge < -0.3 is 14.7 Å². The van der Waals surface area contributed by atoms with Gasteiger partial charge in [0.05, 0.1) is 0 Å². The predicted octanol–water partition coefficient (Wildman–Crippen LogP) is -1.84. The van der Waals surface area contributed by atoms with Crippen molar-refractivity contribution in [3.8, 4) is 0 Å². The molecule has 0 aromatic heterocycles. The van der Waals surface area contributed by atoms with E-state index in [2.05, 4.69) is 28.3 Å². The summed E-state index contributed by atoms with van der Waals surface area (Å²) in [5.74, 6) is 0. The van der Waals surface area contributed by atoms with Gasteiger partial charge in [0.25, 0.3) is 7.59 Å². The molecule has 0 heterocycles. The zero-order chi connectivity index (χ0) is 9.00. The summed E-state index contributed by atoms with van der Waals surface area (Å²) < 4.78 is 9.55. The second kappa shape index (κ2) is 4.50. The normalized spacial score (nSPS) is 11.8. The lowest BCUT2D eigenvalue weighted by Gasteiger charge is -1.88. The predicted molar refractivity (Wildman–Crippen MR) is 41.1 cm³/mol. The molecular weight excluding hydrogens is 200 g/mol. The van der Waals surface area contributed by atoms with E-state index in [4.69, 9.17) is 14.7 Å². The molecule has 0 amide bonds. The van der Waals surface area contributed by atoms with Crippen molar-refractivity contribution < 1.29 is 19.2 Å². The highest BCUT2D eigenvalue weighted by Crippen LogP contribution is 2.26. The van der Waals surface area contributed by atoms with Crippen LogP contribution in [0.1, 0.15) is 0 Å². The summed E-state index contributed by atoms with van der Waals surface area (Å²) in [4.78, 5) is 22.7. The van der Waals surface area contributed by atoms with E-state index in [1.165, 1.54) is 0 Å². The average Bonchev–Trinajstić information content (AvgIpc) is 1.12. The monoisotopic (exact) mass is 209 g/mol. The highest BCUT2D eigenvalue weighted by molar-refractivity contribution is 8.06. The van der Waals surface area contributed by atoms with E-state index in [9.17, 15) is 4.57 Å². The molecule has 9 N–H and O–H groups in total. The van der Waals surface area contributed by atoms with Crippen LogP contribution in [0.2, 0.25) is 0 Å². The molecule has 0 unspecified atom stereocenters. The van der Waals surface area contributed by atoms with Crippen LogP contribution in [0.15, 0.2) is 0 Å². The minimum atomic E-state index is -3.81. The maximum Gasteiger partial charge on any atom is 0.319 e. The van der Waals surface area contributed by atoms with Crippen molar-refractivity contribution in [1.29, 1.82) is 0 Å². The van der Waals surface area contributed by atoms with E-state index in [1.54, 1.807) is 0 Å². The van der Waals surface area contributed by atoms with Crippen LogP contribution in [0.3, 0.4) is 0 Å². The molecule has 0 saturated carbocycles. The maximum atomic E-state index is 9.55. The molecule has 10 heteroatoms.